The molecule has 0 heterocycles. The van der Waals surface area contributed by atoms with Crippen LogP contribution in [0.4, 0.5) is 0 Å². The maximum absolute atomic E-state index is 10.4. The minimum atomic E-state index is -0.887. The Bertz CT molecular complexity index is 204. The molecule has 0 saturated carbocycles. The van der Waals surface area contributed by atoms with Crippen LogP contribution in [0.15, 0.2) is 0 Å². The van der Waals surface area contributed by atoms with Crippen molar-refractivity contribution in [1.29, 1.82) is 0 Å². The number of carbonyl (C=O) groups is 2. The van der Waals surface area contributed by atoms with E-state index >= 15 is 0 Å². The van der Waals surface area contributed by atoms with E-state index in [1.165, 1.54) is 0 Å². The Balaban J connectivity index is 0. The van der Waals surface area contributed by atoms with Gasteiger partial charge in [0.1, 0.15) is 12.1 Å². The maximum atomic E-state index is 10.4. The van der Waals surface area contributed by atoms with Crippen LogP contribution in [0.1, 0.15) is 20.3 Å². The number of hydrogen-bond donors (Lipinski definition) is 4. The van der Waals surface area contributed by atoms with Crippen molar-refractivity contribution in [3.05, 3.63) is 0 Å². The van der Waals surface area contributed by atoms with Crippen molar-refractivity contribution < 1.29 is 19.8 Å². The summed E-state index contributed by atoms with van der Waals surface area (Å²) in [4.78, 5) is 20.8. The van der Waals surface area contributed by atoms with Crippen LogP contribution in [0.5, 0.6) is 0 Å². The molecule has 0 rings (SSSR count). The fraction of sp³-hybridized carbons (Fsp3) is 0.778. The van der Waals surface area contributed by atoms with Crippen molar-refractivity contribution in [3.8, 4) is 0 Å². The molecule has 0 aliphatic rings. The average molecular weight is 299 g/mol. The Morgan fingerprint density at radius 2 is 1.31 bits per heavy atom. The molecule has 0 aromatic rings. The van der Waals surface area contributed by atoms with Crippen molar-refractivity contribution in [1.82, 2.24) is 10.6 Å². The van der Waals surface area contributed by atoms with Crippen LogP contribution in [0.2, 0.25) is 0 Å². The second-order valence-electron chi connectivity index (χ2n) is 3.38. The van der Waals surface area contributed by atoms with Gasteiger partial charge in [0.25, 0.3) is 0 Å². The molecule has 4 N–H and O–H groups in total. The fourth-order valence-corrected chi connectivity index (χ4v) is 0.900. The second kappa shape index (κ2) is 9.56. The summed E-state index contributed by atoms with van der Waals surface area (Å²) in [7, 11) is 0. The molecule has 0 aliphatic heterocycles. The molecule has 0 amide bonds. The molecule has 96 valence electrons. The molecular formula is C9H19BrN2O4. The summed E-state index contributed by atoms with van der Waals surface area (Å²) in [5.74, 6) is -1.77. The SMILES string of the molecule is Br.CC(NCCCNC(C)C(=O)O)C(=O)O. The molecule has 7 heteroatoms. The molecule has 0 aliphatic carbocycles. The highest BCUT2D eigenvalue weighted by atomic mass is 79.9. The van der Waals surface area contributed by atoms with Crippen molar-refractivity contribution in [2.24, 2.45) is 0 Å². The summed E-state index contributed by atoms with van der Waals surface area (Å²) in [6.45, 7) is 4.23. The molecule has 0 fully saturated rings. The first-order valence-corrected chi connectivity index (χ1v) is 4.87. The first-order chi connectivity index (χ1) is 6.95. The predicted molar refractivity (Wildman–Crippen MR) is 65.1 cm³/mol. The number of rotatable bonds is 8. The van der Waals surface area contributed by atoms with Gasteiger partial charge in [-0.05, 0) is 33.4 Å². The average Bonchev–Trinajstić information content (AvgIpc) is 2.16. The zero-order chi connectivity index (χ0) is 11.8. The predicted octanol–water partition coefficient (Wildman–Crippen LogP) is 0.0798. The van der Waals surface area contributed by atoms with E-state index in [9.17, 15) is 9.59 Å². The second-order valence-corrected chi connectivity index (χ2v) is 3.38. The number of aliphatic carboxylic acids is 2. The standard InChI is InChI=1S/C9H18N2O4.BrH/c1-6(8(12)13)10-4-3-5-11-7(2)9(14)15;/h6-7,10-11H,3-5H2,1-2H3,(H,12,13)(H,14,15);1H. The van der Waals surface area contributed by atoms with Crippen molar-refractivity contribution in [2.75, 3.05) is 13.1 Å². The third-order valence-corrected chi connectivity index (χ3v) is 2.00. The monoisotopic (exact) mass is 298 g/mol. The van der Waals surface area contributed by atoms with E-state index in [-0.39, 0.29) is 17.0 Å². The highest BCUT2D eigenvalue weighted by Crippen LogP contribution is 1.84. The van der Waals surface area contributed by atoms with E-state index in [0.717, 1.165) is 0 Å². The van der Waals surface area contributed by atoms with Crippen LogP contribution >= 0.6 is 17.0 Å². The van der Waals surface area contributed by atoms with Gasteiger partial charge in [0.2, 0.25) is 0 Å². The number of carboxylic acid groups (broad SMARTS) is 2. The van der Waals surface area contributed by atoms with Crippen LogP contribution in [-0.4, -0.2) is 47.3 Å². The first kappa shape index (κ1) is 17.7. The lowest BCUT2D eigenvalue weighted by molar-refractivity contribution is -0.139. The molecule has 0 spiro atoms. The zero-order valence-corrected chi connectivity index (χ0v) is 11.1. The quantitative estimate of drug-likeness (QED) is 0.474. The Labute approximate surface area is 105 Å². The van der Waals surface area contributed by atoms with Gasteiger partial charge in [-0.15, -0.1) is 17.0 Å². The first-order valence-electron chi connectivity index (χ1n) is 4.87. The van der Waals surface area contributed by atoms with Crippen LogP contribution in [0.25, 0.3) is 0 Å². The van der Waals surface area contributed by atoms with E-state index < -0.39 is 24.0 Å². The van der Waals surface area contributed by atoms with Crippen molar-refractivity contribution >= 4 is 28.9 Å². The molecule has 6 nitrogen and oxygen atoms in total. The Kier molecular flexibility index (Phi) is 10.6. The van der Waals surface area contributed by atoms with E-state index in [0.29, 0.717) is 19.5 Å². The summed E-state index contributed by atoms with van der Waals surface area (Å²) >= 11 is 0. The van der Waals surface area contributed by atoms with Gasteiger partial charge in [0.05, 0.1) is 0 Å². The van der Waals surface area contributed by atoms with Crippen molar-refractivity contribution in [2.45, 2.75) is 32.4 Å². The van der Waals surface area contributed by atoms with Crippen LogP contribution < -0.4 is 10.6 Å². The van der Waals surface area contributed by atoms with E-state index in [1.807, 2.05) is 0 Å². The summed E-state index contributed by atoms with van der Waals surface area (Å²) in [5, 5.41) is 22.7. The highest BCUT2D eigenvalue weighted by molar-refractivity contribution is 8.93. The smallest absolute Gasteiger partial charge is 0.320 e. The summed E-state index contributed by atoms with van der Waals surface area (Å²) < 4.78 is 0. The lowest BCUT2D eigenvalue weighted by Gasteiger charge is -2.11. The van der Waals surface area contributed by atoms with Gasteiger partial charge >= 0.3 is 11.9 Å². The molecule has 0 aromatic carbocycles. The van der Waals surface area contributed by atoms with Crippen LogP contribution in [-0.2, 0) is 9.59 Å². The molecular weight excluding hydrogens is 280 g/mol. The molecule has 0 saturated heterocycles. The minimum Gasteiger partial charge on any atom is -0.480 e. The Morgan fingerprint density at radius 1 is 1.00 bits per heavy atom. The third kappa shape index (κ3) is 8.63. The molecule has 16 heavy (non-hydrogen) atoms. The molecule has 2 atom stereocenters. The molecule has 0 bridgehead atoms. The van der Waals surface area contributed by atoms with Gasteiger partial charge in [-0.1, -0.05) is 0 Å². The lowest BCUT2D eigenvalue weighted by Crippen LogP contribution is -2.38. The highest BCUT2D eigenvalue weighted by Gasteiger charge is 2.10. The lowest BCUT2D eigenvalue weighted by atomic mass is 10.3. The number of carboxylic acids is 2. The normalized spacial score (nSPS) is 13.6. The van der Waals surface area contributed by atoms with Gasteiger partial charge in [-0.25, -0.2) is 0 Å². The van der Waals surface area contributed by atoms with Gasteiger partial charge in [-0.2, -0.15) is 0 Å². The summed E-state index contributed by atoms with van der Waals surface area (Å²) in [6.07, 6.45) is 0.690. The van der Waals surface area contributed by atoms with Crippen LogP contribution in [0.3, 0.4) is 0 Å². The molecule has 0 aromatic heterocycles. The summed E-state index contributed by atoms with van der Waals surface area (Å²) in [6, 6.07) is -1.14. The number of halogens is 1. The Hall–Kier alpha value is -0.660. The Morgan fingerprint density at radius 3 is 1.56 bits per heavy atom. The number of nitrogens with one attached hydrogen (secondary N) is 2. The maximum Gasteiger partial charge on any atom is 0.320 e. The van der Waals surface area contributed by atoms with Gasteiger partial charge in [-0.3, -0.25) is 9.59 Å². The van der Waals surface area contributed by atoms with Gasteiger partial charge in [0, 0.05) is 0 Å². The van der Waals surface area contributed by atoms with Crippen molar-refractivity contribution in [3.63, 3.8) is 0 Å². The zero-order valence-electron chi connectivity index (χ0n) is 9.40. The van der Waals surface area contributed by atoms with E-state index in [1.54, 1.807) is 13.8 Å². The molecule has 2 unspecified atom stereocenters. The third-order valence-electron chi connectivity index (χ3n) is 2.00. The van der Waals surface area contributed by atoms with Crippen LogP contribution in [0, 0.1) is 0 Å². The molecule has 0 radical (unpaired) electrons. The topological polar surface area (TPSA) is 98.7 Å². The van der Waals surface area contributed by atoms with Gasteiger partial charge < -0.3 is 20.8 Å². The largest absolute Gasteiger partial charge is 0.480 e. The van der Waals surface area contributed by atoms with Gasteiger partial charge in [0.15, 0.2) is 0 Å². The van der Waals surface area contributed by atoms with E-state index in [4.69, 9.17) is 10.2 Å². The number of hydrogen-bond acceptors (Lipinski definition) is 4. The minimum absolute atomic E-state index is 0. The van der Waals surface area contributed by atoms with E-state index in [2.05, 4.69) is 10.6 Å². The fourth-order valence-electron chi connectivity index (χ4n) is 0.900. The summed E-state index contributed by atoms with van der Waals surface area (Å²) in [5.41, 5.74) is 0.